The fraction of sp³-hybridized carbons (Fsp3) is 0.556. The van der Waals surface area contributed by atoms with E-state index in [-0.39, 0.29) is 31.2 Å². The maximum atomic E-state index is 12.1. The second kappa shape index (κ2) is 8.64. The Bertz CT molecular complexity index is 659. The van der Waals surface area contributed by atoms with Gasteiger partial charge in [-0.25, -0.2) is 4.79 Å². The Morgan fingerprint density at radius 2 is 1.85 bits per heavy atom. The van der Waals surface area contributed by atoms with Crippen molar-refractivity contribution >= 4 is 23.3 Å². The number of ether oxygens (including phenoxy) is 2. The summed E-state index contributed by atoms with van der Waals surface area (Å²) in [6.07, 6.45) is 6.54. The van der Waals surface area contributed by atoms with Crippen molar-refractivity contribution < 1.29 is 19.1 Å². The van der Waals surface area contributed by atoms with E-state index in [4.69, 9.17) is 15.2 Å². The van der Waals surface area contributed by atoms with Gasteiger partial charge in [0.15, 0.2) is 11.5 Å². The second-order valence-corrected chi connectivity index (χ2v) is 6.68. The summed E-state index contributed by atoms with van der Waals surface area (Å²) < 4.78 is 10.5. The molecule has 1 aliphatic heterocycles. The van der Waals surface area contributed by atoms with Gasteiger partial charge in [0.25, 0.3) is 0 Å². The molecule has 5 N–H and O–H groups in total. The standard InChI is InChI=1S/C18H26N4O4/c19-13-9-15-16(26-11-25-15)10-14(13)22-17(23)7-4-8-20-18(24)21-12-5-2-1-3-6-12/h9-10,12H,1-8,11,19H2,(H,22,23)(H2,20,21,24). The normalized spacial score (nSPS) is 16.2. The van der Waals surface area contributed by atoms with E-state index >= 15 is 0 Å². The van der Waals surface area contributed by atoms with Crippen molar-refractivity contribution in [1.29, 1.82) is 0 Å². The number of hydrogen-bond donors (Lipinski definition) is 4. The van der Waals surface area contributed by atoms with Crippen molar-refractivity contribution in [2.24, 2.45) is 0 Å². The van der Waals surface area contributed by atoms with Gasteiger partial charge >= 0.3 is 6.03 Å². The number of carbonyl (C=O) groups is 2. The number of anilines is 2. The molecule has 8 nitrogen and oxygen atoms in total. The molecule has 1 aromatic rings. The Hall–Kier alpha value is -2.64. The third-order valence-corrected chi connectivity index (χ3v) is 4.63. The Morgan fingerprint density at radius 1 is 1.12 bits per heavy atom. The summed E-state index contributed by atoms with van der Waals surface area (Å²) in [5, 5.41) is 8.55. The Morgan fingerprint density at radius 3 is 2.62 bits per heavy atom. The SMILES string of the molecule is Nc1cc2c(cc1NC(=O)CCCNC(=O)NC1CCCCC1)OCO2. The number of nitrogen functional groups attached to an aromatic ring is 1. The van der Waals surface area contributed by atoms with E-state index in [2.05, 4.69) is 16.0 Å². The summed E-state index contributed by atoms with van der Waals surface area (Å²) in [4.78, 5) is 23.9. The first-order valence-electron chi connectivity index (χ1n) is 9.15. The molecule has 0 radical (unpaired) electrons. The first-order valence-corrected chi connectivity index (χ1v) is 9.15. The van der Waals surface area contributed by atoms with Gasteiger partial charge in [-0.2, -0.15) is 0 Å². The minimum Gasteiger partial charge on any atom is -0.454 e. The van der Waals surface area contributed by atoms with E-state index in [1.165, 1.54) is 19.3 Å². The van der Waals surface area contributed by atoms with Crippen LogP contribution in [0.15, 0.2) is 12.1 Å². The molecular weight excluding hydrogens is 336 g/mol. The van der Waals surface area contributed by atoms with Crippen LogP contribution in [0, 0.1) is 0 Å². The monoisotopic (exact) mass is 362 g/mol. The minimum absolute atomic E-state index is 0.154. The first kappa shape index (κ1) is 18.2. The van der Waals surface area contributed by atoms with Gasteiger partial charge in [0.05, 0.1) is 11.4 Å². The molecule has 3 rings (SSSR count). The average molecular weight is 362 g/mol. The minimum atomic E-state index is -0.162. The molecule has 1 aromatic carbocycles. The number of nitrogens with one attached hydrogen (secondary N) is 3. The molecule has 1 saturated carbocycles. The van der Waals surface area contributed by atoms with Crippen LogP contribution >= 0.6 is 0 Å². The zero-order chi connectivity index (χ0) is 18.4. The van der Waals surface area contributed by atoms with Gasteiger partial charge in [0.1, 0.15) is 0 Å². The smallest absolute Gasteiger partial charge is 0.315 e. The van der Waals surface area contributed by atoms with Crippen LogP contribution in [-0.4, -0.2) is 31.3 Å². The van der Waals surface area contributed by atoms with Crippen LogP contribution in [0.5, 0.6) is 11.5 Å². The van der Waals surface area contributed by atoms with Crippen LogP contribution in [0.1, 0.15) is 44.9 Å². The van der Waals surface area contributed by atoms with Crippen molar-refractivity contribution in [3.63, 3.8) is 0 Å². The van der Waals surface area contributed by atoms with Gasteiger partial charge in [-0.1, -0.05) is 19.3 Å². The number of benzene rings is 1. The summed E-state index contributed by atoms with van der Waals surface area (Å²) in [7, 11) is 0. The largest absolute Gasteiger partial charge is 0.454 e. The summed E-state index contributed by atoms with van der Waals surface area (Å²) >= 11 is 0. The lowest BCUT2D eigenvalue weighted by Crippen LogP contribution is -2.43. The summed E-state index contributed by atoms with van der Waals surface area (Å²) in [6, 6.07) is 3.42. The van der Waals surface area contributed by atoms with Crippen LogP contribution in [0.2, 0.25) is 0 Å². The van der Waals surface area contributed by atoms with Crippen molar-refractivity contribution in [2.75, 3.05) is 24.4 Å². The first-order chi connectivity index (χ1) is 12.6. The number of carbonyl (C=O) groups excluding carboxylic acids is 2. The maximum absolute atomic E-state index is 12.1. The number of urea groups is 1. The molecule has 0 atom stereocenters. The second-order valence-electron chi connectivity index (χ2n) is 6.68. The highest BCUT2D eigenvalue weighted by Gasteiger charge is 2.17. The zero-order valence-electron chi connectivity index (χ0n) is 14.8. The molecule has 142 valence electrons. The van der Waals surface area contributed by atoms with Gasteiger partial charge in [0.2, 0.25) is 12.7 Å². The lowest BCUT2D eigenvalue weighted by molar-refractivity contribution is -0.116. The molecule has 1 heterocycles. The molecule has 3 amide bonds. The number of nitrogens with two attached hydrogens (primary N) is 1. The highest BCUT2D eigenvalue weighted by molar-refractivity contribution is 5.94. The van der Waals surface area contributed by atoms with Crippen LogP contribution in [0.25, 0.3) is 0 Å². The molecule has 0 bridgehead atoms. The molecule has 0 unspecified atom stereocenters. The van der Waals surface area contributed by atoms with Crippen LogP contribution < -0.4 is 31.2 Å². The van der Waals surface area contributed by atoms with Crippen LogP contribution in [-0.2, 0) is 4.79 Å². The Kier molecular flexibility index (Phi) is 6.04. The molecule has 1 fully saturated rings. The van der Waals surface area contributed by atoms with Gasteiger partial charge < -0.3 is 31.2 Å². The Labute approximate surface area is 152 Å². The van der Waals surface area contributed by atoms with Gasteiger partial charge in [-0.15, -0.1) is 0 Å². The highest BCUT2D eigenvalue weighted by Crippen LogP contribution is 2.38. The summed E-state index contributed by atoms with van der Waals surface area (Å²) in [6.45, 7) is 0.601. The lowest BCUT2D eigenvalue weighted by atomic mass is 9.96. The van der Waals surface area contributed by atoms with E-state index in [0.717, 1.165) is 12.8 Å². The molecule has 1 aliphatic carbocycles. The predicted molar refractivity (Wildman–Crippen MR) is 98.2 cm³/mol. The third-order valence-electron chi connectivity index (χ3n) is 4.63. The average Bonchev–Trinajstić information content (AvgIpc) is 3.07. The summed E-state index contributed by atoms with van der Waals surface area (Å²) in [5.41, 5.74) is 6.84. The van der Waals surface area contributed by atoms with Crippen molar-refractivity contribution in [1.82, 2.24) is 10.6 Å². The van der Waals surface area contributed by atoms with Gasteiger partial charge in [-0.05, 0) is 19.3 Å². The molecule has 8 heteroatoms. The number of hydrogen-bond acceptors (Lipinski definition) is 5. The van der Waals surface area contributed by atoms with E-state index in [1.807, 2.05) is 0 Å². The van der Waals surface area contributed by atoms with E-state index in [9.17, 15) is 9.59 Å². The van der Waals surface area contributed by atoms with Crippen molar-refractivity contribution in [3.8, 4) is 11.5 Å². The van der Waals surface area contributed by atoms with Crippen LogP contribution in [0.3, 0.4) is 0 Å². The quantitative estimate of drug-likeness (QED) is 0.458. The maximum Gasteiger partial charge on any atom is 0.315 e. The molecular formula is C18H26N4O4. The predicted octanol–water partition coefficient (Wildman–Crippen LogP) is 2.35. The molecule has 0 aromatic heterocycles. The molecule has 0 saturated heterocycles. The van der Waals surface area contributed by atoms with E-state index < -0.39 is 0 Å². The van der Waals surface area contributed by atoms with Crippen molar-refractivity contribution in [2.45, 2.75) is 51.0 Å². The number of rotatable bonds is 6. The molecule has 2 aliphatic rings. The number of amides is 3. The lowest BCUT2D eigenvalue weighted by Gasteiger charge is -2.22. The van der Waals surface area contributed by atoms with E-state index in [0.29, 0.717) is 35.8 Å². The zero-order valence-corrected chi connectivity index (χ0v) is 14.8. The van der Waals surface area contributed by atoms with Crippen LogP contribution in [0.4, 0.5) is 16.2 Å². The van der Waals surface area contributed by atoms with Crippen molar-refractivity contribution in [3.05, 3.63) is 12.1 Å². The van der Waals surface area contributed by atoms with Gasteiger partial charge in [-0.3, -0.25) is 4.79 Å². The fourth-order valence-corrected chi connectivity index (χ4v) is 3.21. The van der Waals surface area contributed by atoms with Gasteiger partial charge in [0, 0.05) is 31.1 Å². The molecule has 0 spiro atoms. The number of fused-ring (bicyclic) bond motifs is 1. The summed E-state index contributed by atoms with van der Waals surface area (Å²) in [5.74, 6) is 0.981. The molecule has 26 heavy (non-hydrogen) atoms. The third kappa shape index (κ3) is 4.93. The topological polar surface area (TPSA) is 115 Å². The Balaban J connectivity index is 1.35. The fourth-order valence-electron chi connectivity index (χ4n) is 3.21. The highest BCUT2D eigenvalue weighted by atomic mass is 16.7. The van der Waals surface area contributed by atoms with E-state index in [1.54, 1.807) is 12.1 Å².